The predicted molar refractivity (Wildman–Crippen MR) is 137 cm³/mol. The summed E-state index contributed by atoms with van der Waals surface area (Å²) in [5, 5.41) is 0. The Kier molecular flexibility index (Phi) is 9.41. The molecule has 0 saturated carbocycles. The number of hydrogen-bond donors (Lipinski definition) is 0. The van der Waals surface area contributed by atoms with Crippen LogP contribution in [0.25, 0.3) is 6.08 Å². The molecule has 188 valence electrons. The van der Waals surface area contributed by atoms with Gasteiger partial charge in [-0.3, -0.25) is 0 Å². The van der Waals surface area contributed by atoms with Gasteiger partial charge in [0.25, 0.3) is 0 Å². The highest BCUT2D eigenvalue weighted by Crippen LogP contribution is 2.30. The van der Waals surface area contributed by atoms with Crippen molar-refractivity contribution in [2.45, 2.75) is 50.8 Å². The van der Waals surface area contributed by atoms with Gasteiger partial charge in [-0.2, -0.15) is 0 Å². The lowest BCUT2D eigenvalue weighted by atomic mass is 9.98. The summed E-state index contributed by atoms with van der Waals surface area (Å²) in [5.74, 6) is -0.481. The average molecular weight is 489 g/mol. The molecule has 0 spiro atoms. The molecule has 6 heteroatoms. The standard InChI is InChI=1S/C30H32O6/c1-22-27(36-26(31)19-18-23-12-6-3-7-13-23)28(33-20-24-14-8-4-9-15-24)29(30(32-2)35-22)34-21-25-16-10-5-11-17-25/h3-19,22,27-30H,20-21H2,1-2H3/b19-18+/t22-,27-,28+,29-,30+/m1/s1. The first-order valence-electron chi connectivity index (χ1n) is 12.1. The quantitative estimate of drug-likeness (QED) is 0.290. The molecule has 0 aromatic heterocycles. The van der Waals surface area contributed by atoms with Gasteiger partial charge < -0.3 is 23.7 Å². The van der Waals surface area contributed by atoms with Crippen molar-refractivity contribution < 1.29 is 28.5 Å². The summed E-state index contributed by atoms with van der Waals surface area (Å²) in [6.45, 7) is 2.51. The van der Waals surface area contributed by atoms with Gasteiger partial charge in [-0.05, 0) is 29.7 Å². The van der Waals surface area contributed by atoms with Crippen LogP contribution in [0.1, 0.15) is 23.6 Å². The normalized spacial score (nSPS) is 24.0. The van der Waals surface area contributed by atoms with Gasteiger partial charge in [0.15, 0.2) is 12.4 Å². The van der Waals surface area contributed by atoms with E-state index in [0.29, 0.717) is 13.2 Å². The van der Waals surface area contributed by atoms with Crippen LogP contribution in [-0.4, -0.2) is 43.8 Å². The minimum absolute atomic E-state index is 0.327. The minimum atomic E-state index is -0.700. The third-order valence-corrected chi connectivity index (χ3v) is 5.99. The van der Waals surface area contributed by atoms with Gasteiger partial charge >= 0.3 is 5.97 Å². The van der Waals surface area contributed by atoms with E-state index < -0.39 is 36.7 Å². The maximum absolute atomic E-state index is 12.8. The molecule has 1 heterocycles. The fourth-order valence-corrected chi connectivity index (χ4v) is 4.13. The van der Waals surface area contributed by atoms with E-state index in [9.17, 15) is 4.79 Å². The average Bonchev–Trinajstić information content (AvgIpc) is 2.93. The van der Waals surface area contributed by atoms with Crippen molar-refractivity contribution in [1.82, 2.24) is 0 Å². The molecule has 0 unspecified atom stereocenters. The fraction of sp³-hybridized carbons (Fsp3) is 0.300. The van der Waals surface area contributed by atoms with Crippen molar-refractivity contribution in [3.63, 3.8) is 0 Å². The van der Waals surface area contributed by atoms with Crippen LogP contribution < -0.4 is 0 Å². The van der Waals surface area contributed by atoms with Crippen molar-refractivity contribution in [3.05, 3.63) is 114 Å². The molecular formula is C30H32O6. The zero-order valence-electron chi connectivity index (χ0n) is 20.6. The van der Waals surface area contributed by atoms with Gasteiger partial charge in [-0.1, -0.05) is 91.0 Å². The van der Waals surface area contributed by atoms with E-state index in [1.807, 2.05) is 97.9 Å². The van der Waals surface area contributed by atoms with E-state index in [-0.39, 0.29) is 0 Å². The fourth-order valence-electron chi connectivity index (χ4n) is 4.13. The van der Waals surface area contributed by atoms with E-state index in [4.69, 9.17) is 23.7 Å². The second-order valence-corrected chi connectivity index (χ2v) is 8.61. The Labute approximate surface area is 212 Å². The van der Waals surface area contributed by atoms with Gasteiger partial charge in [-0.25, -0.2) is 4.79 Å². The van der Waals surface area contributed by atoms with Crippen LogP contribution in [0.4, 0.5) is 0 Å². The zero-order chi connectivity index (χ0) is 25.2. The molecule has 1 aliphatic heterocycles. The van der Waals surface area contributed by atoms with E-state index in [2.05, 4.69) is 0 Å². The molecule has 0 N–H and O–H groups in total. The SMILES string of the molecule is CO[C@H]1O[C@H](C)[C@@H](OC(=O)/C=C/c2ccccc2)[C@H](OCc2ccccc2)[C@H]1OCc1ccccc1. The molecule has 0 radical (unpaired) electrons. The lowest BCUT2D eigenvalue weighted by Crippen LogP contribution is -2.60. The topological polar surface area (TPSA) is 63.2 Å². The van der Waals surface area contributed by atoms with Crippen LogP contribution in [0.5, 0.6) is 0 Å². The second kappa shape index (κ2) is 13.1. The number of rotatable bonds is 10. The first kappa shape index (κ1) is 25.8. The maximum Gasteiger partial charge on any atom is 0.331 e. The van der Waals surface area contributed by atoms with E-state index >= 15 is 0 Å². The Morgan fingerprint density at radius 2 is 1.31 bits per heavy atom. The van der Waals surface area contributed by atoms with Crippen molar-refractivity contribution in [2.24, 2.45) is 0 Å². The van der Waals surface area contributed by atoms with Gasteiger partial charge in [0.1, 0.15) is 12.2 Å². The highest BCUT2D eigenvalue weighted by atomic mass is 16.7. The summed E-state index contributed by atoms with van der Waals surface area (Å²) in [5.41, 5.74) is 2.91. The molecule has 4 rings (SSSR count). The molecule has 3 aromatic carbocycles. The lowest BCUT2D eigenvalue weighted by molar-refractivity contribution is -0.308. The molecule has 1 aliphatic rings. The number of ether oxygens (including phenoxy) is 5. The highest BCUT2D eigenvalue weighted by Gasteiger charge is 2.48. The number of methoxy groups -OCH3 is 1. The Bertz CT molecular complexity index is 1090. The molecule has 5 atom stereocenters. The van der Waals surface area contributed by atoms with Crippen LogP contribution in [0.2, 0.25) is 0 Å². The number of hydrogen-bond acceptors (Lipinski definition) is 6. The summed E-state index contributed by atoms with van der Waals surface area (Å²) < 4.78 is 30.2. The number of carbonyl (C=O) groups is 1. The first-order chi connectivity index (χ1) is 17.6. The number of esters is 1. The molecule has 6 nitrogen and oxygen atoms in total. The summed E-state index contributed by atoms with van der Waals surface area (Å²) in [6.07, 6.45) is 0.0494. The van der Waals surface area contributed by atoms with E-state index in [0.717, 1.165) is 16.7 Å². The van der Waals surface area contributed by atoms with Crippen molar-refractivity contribution in [2.75, 3.05) is 7.11 Å². The number of carbonyl (C=O) groups excluding carboxylic acids is 1. The maximum atomic E-state index is 12.8. The smallest absolute Gasteiger partial charge is 0.331 e. The lowest BCUT2D eigenvalue weighted by Gasteiger charge is -2.44. The molecule has 0 amide bonds. The molecule has 1 saturated heterocycles. The molecule has 3 aromatic rings. The molecule has 0 aliphatic carbocycles. The third-order valence-electron chi connectivity index (χ3n) is 5.99. The molecule has 1 fully saturated rings. The minimum Gasteiger partial charge on any atom is -0.454 e. The Hall–Kier alpha value is -3.29. The Morgan fingerprint density at radius 3 is 1.86 bits per heavy atom. The van der Waals surface area contributed by atoms with Crippen LogP contribution in [0.15, 0.2) is 97.1 Å². The predicted octanol–water partition coefficient (Wildman–Crippen LogP) is 5.17. The van der Waals surface area contributed by atoms with Crippen LogP contribution in [-0.2, 0) is 41.7 Å². The van der Waals surface area contributed by atoms with Gasteiger partial charge in [0, 0.05) is 13.2 Å². The van der Waals surface area contributed by atoms with Gasteiger partial charge in [0.05, 0.1) is 19.3 Å². The van der Waals surface area contributed by atoms with Gasteiger partial charge in [0.2, 0.25) is 0 Å². The molecule has 36 heavy (non-hydrogen) atoms. The van der Waals surface area contributed by atoms with Crippen molar-refractivity contribution in [3.8, 4) is 0 Å². The van der Waals surface area contributed by atoms with Crippen molar-refractivity contribution in [1.29, 1.82) is 0 Å². The Balaban J connectivity index is 1.53. The summed E-state index contributed by atoms with van der Waals surface area (Å²) in [6, 6.07) is 29.3. The summed E-state index contributed by atoms with van der Waals surface area (Å²) in [4.78, 5) is 12.8. The first-order valence-corrected chi connectivity index (χ1v) is 12.1. The highest BCUT2D eigenvalue weighted by molar-refractivity contribution is 5.87. The monoisotopic (exact) mass is 488 g/mol. The third kappa shape index (κ3) is 7.12. The van der Waals surface area contributed by atoms with E-state index in [1.54, 1.807) is 13.2 Å². The molecule has 0 bridgehead atoms. The van der Waals surface area contributed by atoms with Crippen LogP contribution >= 0.6 is 0 Å². The summed E-state index contributed by atoms with van der Waals surface area (Å²) in [7, 11) is 1.57. The van der Waals surface area contributed by atoms with E-state index in [1.165, 1.54) is 6.08 Å². The largest absolute Gasteiger partial charge is 0.454 e. The zero-order valence-corrected chi connectivity index (χ0v) is 20.6. The summed E-state index contributed by atoms with van der Waals surface area (Å²) >= 11 is 0. The van der Waals surface area contributed by atoms with Crippen molar-refractivity contribution >= 4 is 12.0 Å². The number of benzene rings is 3. The van der Waals surface area contributed by atoms with Gasteiger partial charge in [-0.15, -0.1) is 0 Å². The van der Waals surface area contributed by atoms with Crippen LogP contribution in [0.3, 0.4) is 0 Å². The van der Waals surface area contributed by atoms with Crippen LogP contribution in [0, 0.1) is 0 Å². The Morgan fingerprint density at radius 1 is 0.778 bits per heavy atom. The molecular weight excluding hydrogens is 456 g/mol. The second-order valence-electron chi connectivity index (χ2n) is 8.61.